The van der Waals surface area contributed by atoms with Gasteiger partial charge in [-0.15, -0.1) is 0 Å². The predicted octanol–water partition coefficient (Wildman–Crippen LogP) is 3.67. The summed E-state index contributed by atoms with van der Waals surface area (Å²) in [6.07, 6.45) is 0. The number of carbonyl (C=O) groups is 2. The molecule has 7 nitrogen and oxygen atoms in total. The first kappa shape index (κ1) is 24.4. The van der Waals surface area contributed by atoms with Crippen LogP contribution < -0.4 is 10.6 Å². The molecule has 0 heterocycles. The number of sulfonamides is 1. The monoisotopic (exact) mass is 489 g/mol. The molecule has 0 bridgehead atoms. The molecule has 3 rings (SSSR count). The summed E-state index contributed by atoms with van der Waals surface area (Å²) in [5, 5.41) is 5.47. The van der Waals surface area contributed by atoms with E-state index in [2.05, 4.69) is 10.6 Å². The molecule has 2 N–H and O–H groups in total. The first-order chi connectivity index (χ1) is 15.7. The Bertz CT molecular complexity index is 1250. The Morgan fingerprint density at radius 3 is 2.30 bits per heavy atom. The highest BCUT2D eigenvalue weighted by Crippen LogP contribution is 2.21. The van der Waals surface area contributed by atoms with Crippen LogP contribution in [0.1, 0.15) is 15.9 Å². The Morgan fingerprint density at radius 1 is 1.00 bits per heavy atom. The van der Waals surface area contributed by atoms with Crippen LogP contribution in [0.15, 0.2) is 77.7 Å². The van der Waals surface area contributed by atoms with Crippen LogP contribution in [0.3, 0.4) is 0 Å². The second-order valence-corrected chi connectivity index (χ2v) is 9.44. The summed E-state index contributed by atoms with van der Waals surface area (Å²) in [7, 11) is -2.59. The first-order valence-electron chi connectivity index (χ1n) is 9.81. The molecule has 33 heavy (non-hydrogen) atoms. The zero-order valence-electron chi connectivity index (χ0n) is 17.6. The van der Waals surface area contributed by atoms with Gasteiger partial charge >= 0.3 is 0 Å². The summed E-state index contributed by atoms with van der Waals surface area (Å²) >= 11 is 5.87. The molecule has 0 atom stereocenters. The third-order valence-electron chi connectivity index (χ3n) is 4.68. The SMILES string of the molecule is CNC(=O)c1cccc(NC(=O)CN(Cc2ccc(F)cc2)S(=O)(=O)c2ccc(Cl)cc2)c1. The minimum Gasteiger partial charge on any atom is -0.355 e. The van der Waals surface area contributed by atoms with E-state index in [4.69, 9.17) is 11.6 Å². The number of anilines is 1. The first-order valence-corrected chi connectivity index (χ1v) is 11.6. The number of benzene rings is 3. The number of amides is 2. The average Bonchev–Trinajstić information content (AvgIpc) is 2.80. The van der Waals surface area contributed by atoms with Gasteiger partial charge in [0, 0.05) is 29.9 Å². The molecule has 2 amide bonds. The Kier molecular flexibility index (Phi) is 7.80. The number of rotatable bonds is 8. The fourth-order valence-corrected chi connectivity index (χ4v) is 4.53. The smallest absolute Gasteiger partial charge is 0.251 e. The molecule has 172 valence electrons. The molecule has 0 radical (unpaired) electrons. The van der Waals surface area contributed by atoms with E-state index < -0.39 is 28.3 Å². The standard InChI is InChI=1S/C23H21ClFN3O4S/c1-26-23(30)17-3-2-4-20(13-17)27-22(29)15-28(14-16-5-9-19(25)10-6-16)33(31,32)21-11-7-18(24)8-12-21/h2-13H,14-15H2,1H3,(H,26,30)(H,27,29). The molecule has 0 fully saturated rings. The van der Waals surface area contributed by atoms with Crippen LogP contribution >= 0.6 is 11.6 Å². The summed E-state index contributed by atoms with van der Waals surface area (Å²) in [5.74, 6) is -1.39. The largest absolute Gasteiger partial charge is 0.355 e. The minimum atomic E-state index is -4.08. The van der Waals surface area contributed by atoms with Gasteiger partial charge in [-0.2, -0.15) is 4.31 Å². The maximum Gasteiger partial charge on any atom is 0.251 e. The fraction of sp³-hybridized carbons (Fsp3) is 0.130. The fourth-order valence-electron chi connectivity index (χ4n) is 3.02. The van der Waals surface area contributed by atoms with E-state index in [0.717, 1.165) is 4.31 Å². The molecule has 0 aliphatic heterocycles. The van der Waals surface area contributed by atoms with E-state index in [-0.39, 0.29) is 17.3 Å². The van der Waals surface area contributed by atoms with Gasteiger partial charge in [-0.1, -0.05) is 29.8 Å². The van der Waals surface area contributed by atoms with Gasteiger partial charge in [-0.05, 0) is 60.2 Å². The zero-order valence-corrected chi connectivity index (χ0v) is 19.2. The Hall–Kier alpha value is -3.27. The second-order valence-electron chi connectivity index (χ2n) is 7.06. The van der Waals surface area contributed by atoms with Gasteiger partial charge in [0.1, 0.15) is 5.82 Å². The maximum absolute atomic E-state index is 13.3. The zero-order chi connectivity index (χ0) is 24.0. The molecule has 3 aromatic rings. The van der Waals surface area contributed by atoms with Crippen LogP contribution in [0.4, 0.5) is 10.1 Å². The number of halogens is 2. The summed E-state index contributed by atoms with van der Waals surface area (Å²) in [6.45, 7) is -0.663. The lowest BCUT2D eigenvalue weighted by Crippen LogP contribution is -2.37. The van der Waals surface area contributed by atoms with Crippen molar-refractivity contribution in [3.8, 4) is 0 Å². The molecule has 0 unspecified atom stereocenters. The van der Waals surface area contributed by atoms with Gasteiger partial charge < -0.3 is 10.6 Å². The van der Waals surface area contributed by atoms with Crippen LogP contribution in [-0.2, 0) is 21.4 Å². The number of nitrogens with one attached hydrogen (secondary N) is 2. The van der Waals surface area contributed by atoms with Crippen LogP contribution in [0.5, 0.6) is 0 Å². The van der Waals surface area contributed by atoms with Gasteiger partial charge in [0.05, 0.1) is 11.4 Å². The molecular weight excluding hydrogens is 469 g/mol. The molecule has 0 aliphatic carbocycles. The quantitative estimate of drug-likeness (QED) is 0.504. The molecule has 0 saturated heterocycles. The summed E-state index contributed by atoms with van der Waals surface area (Å²) in [5.41, 5.74) is 1.18. The molecule has 10 heteroatoms. The average molecular weight is 490 g/mol. The van der Waals surface area contributed by atoms with Gasteiger partial charge in [-0.25, -0.2) is 12.8 Å². The highest BCUT2D eigenvalue weighted by Gasteiger charge is 2.27. The second kappa shape index (κ2) is 10.6. The van der Waals surface area contributed by atoms with Gasteiger partial charge in [0.2, 0.25) is 15.9 Å². The van der Waals surface area contributed by atoms with Crippen molar-refractivity contribution < 1.29 is 22.4 Å². The van der Waals surface area contributed by atoms with Crippen molar-refractivity contribution in [1.82, 2.24) is 9.62 Å². The molecule has 0 spiro atoms. The summed E-state index contributed by atoms with van der Waals surface area (Å²) < 4.78 is 40.8. The summed E-state index contributed by atoms with van der Waals surface area (Å²) in [6, 6.07) is 17.1. The minimum absolute atomic E-state index is 0.0385. The number of nitrogens with zero attached hydrogens (tertiary/aromatic N) is 1. The van der Waals surface area contributed by atoms with Crippen molar-refractivity contribution in [1.29, 1.82) is 0 Å². The van der Waals surface area contributed by atoms with Crippen molar-refractivity contribution in [2.75, 3.05) is 18.9 Å². The lowest BCUT2D eigenvalue weighted by molar-refractivity contribution is -0.116. The lowest BCUT2D eigenvalue weighted by Gasteiger charge is -2.22. The molecular formula is C23H21ClFN3O4S. The van der Waals surface area contributed by atoms with Gasteiger partial charge in [0.15, 0.2) is 0 Å². The topological polar surface area (TPSA) is 95.6 Å². The van der Waals surface area contributed by atoms with Gasteiger partial charge in [-0.3, -0.25) is 9.59 Å². The Labute approximate surface area is 196 Å². The van der Waals surface area contributed by atoms with E-state index in [9.17, 15) is 22.4 Å². The number of carbonyl (C=O) groups excluding carboxylic acids is 2. The molecule has 0 saturated carbocycles. The lowest BCUT2D eigenvalue weighted by atomic mass is 10.2. The van der Waals surface area contributed by atoms with Crippen molar-refractivity contribution in [3.05, 3.63) is 94.8 Å². The summed E-state index contributed by atoms with van der Waals surface area (Å²) in [4.78, 5) is 24.5. The number of hydrogen-bond acceptors (Lipinski definition) is 4. The normalized spacial score (nSPS) is 11.3. The highest BCUT2D eigenvalue weighted by atomic mass is 35.5. The third-order valence-corrected chi connectivity index (χ3v) is 6.74. The van der Waals surface area contributed by atoms with E-state index in [1.165, 1.54) is 61.6 Å². The van der Waals surface area contributed by atoms with Crippen LogP contribution in [-0.4, -0.2) is 38.1 Å². The predicted molar refractivity (Wildman–Crippen MR) is 124 cm³/mol. The van der Waals surface area contributed by atoms with E-state index in [1.807, 2.05) is 0 Å². The third kappa shape index (κ3) is 6.38. The Balaban J connectivity index is 1.86. The van der Waals surface area contributed by atoms with Crippen molar-refractivity contribution in [3.63, 3.8) is 0 Å². The van der Waals surface area contributed by atoms with Gasteiger partial charge in [0.25, 0.3) is 5.91 Å². The maximum atomic E-state index is 13.3. The van der Waals surface area contributed by atoms with E-state index in [1.54, 1.807) is 18.2 Å². The Morgan fingerprint density at radius 2 is 1.67 bits per heavy atom. The van der Waals surface area contributed by atoms with Crippen LogP contribution in [0.25, 0.3) is 0 Å². The molecule has 0 aromatic heterocycles. The van der Waals surface area contributed by atoms with Crippen molar-refractivity contribution in [2.45, 2.75) is 11.4 Å². The van der Waals surface area contributed by atoms with Crippen LogP contribution in [0.2, 0.25) is 5.02 Å². The molecule has 0 aliphatic rings. The van der Waals surface area contributed by atoms with E-state index in [0.29, 0.717) is 21.8 Å². The highest BCUT2D eigenvalue weighted by molar-refractivity contribution is 7.89. The van der Waals surface area contributed by atoms with E-state index >= 15 is 0 Å². The van der Waals surface area contributed by atoms with Crippen LogP contribution in [0, 0.1) is 5.82 Å². The molecule has 3 aromatic carbocycles. The van der Waals surface area contributed by atoms with Crippen molar-refractivity contribution in [2.24, 2.45) is 0 Å². The van der Waals surface area contributed by atoms with Crippen molar-refractivity contribution >= 4 is 39.1 Å². The number of hydrogen-bond donors (Lipinski definition) is 2.